The molecular formula is C24H18ClN7O3. The topological polar surface area (TPSA) is 110 Å². The Labute approximate surface area is 203 Å². The van der Waals surface area contributed by atoms with E-state index in [1.165, 1.54) is 6.33 Å². The summed E-state index contributed by atoms with van der Waals surface area (Å²) >= 11 is 6.00. The van der Waals surface area contributed by atoms with Crippen LogP contribution in [0.1, 0.15) is 10.4 Å². The van der Waals surface area contributed by atoms with E-state index in [1.54, 1.807) is 39.9 Å². The second kappa shape index (κ2) is 8.48. The van der Waals surface area contributed by atoms with Crippen LogP contribution in [0.2, 0.25) is 5.02 Å². The zero-order valence-electron chi connectivity index (χ0n) is 18.3. The fourth-order valence-electron chi connectivity index (χ4n) is 4.23. The van der Waals surface area contributed by atoms with E-state index in [2.05, 4.69) is 20.3 Å². The maximum atomic E-state index is 13.1. The van der Waals surface area contributed by atoms with E-state index >= 15 is 0 Å². The summed E-state index contributed by atoms with van der Waals surface area (Å²) in [5, 5.41) is 9.90. The maximum Gasteiger partial charge on any atom is 0.349 e. The van der Waals surface area contributed by atoms with E-state index in [-0.39, 0.29) is 11.5 Å². The van der Waals surface area contributed by atoms with Crippen molar-refractivity contribution >= 4 is 45.5 Å². The molecule has 1 saturated heterocycles. The molecule has 1 fully saturated rings. The summed E-state index contributed by atoms with van der Waals surface area (Å²) in [6.07, 6.45) is 1.48. The van der Waals surface area contributed by atoms with Crippen LogP contribution < -0.4 is 10.5 Å². The summed E-state index contributed by atoms with van der Waals surface area (Å²) < 4.78 is 6.97. The molecule has 0 aliphatic carbocycles. The molecule has 0 saturated carbocycles. The number of piperazine rings is 1. The van der Waals surface area contributed by atoms with Crippen LogP contribution in [-0.4, -0.2) is 61.9 Å². The lowest BCUT2D eigenvalue weighted by Gasteiger charge is -2.35. The van der Waals surface area contributed by atoms with E-state index in [1.807, 2.05) is 29.2 Å². The van der Waals surface area contributed by atoms with Gasteiger partial charge in [0.1, 0.15) is 17.5 Å². The predicted octanol–water partition coefficient (Wildman–Crippen LogP) is 2.93. The van der Waals surface area contributed by atoms with Gasteiger partial charge >= 0.3 is 5.63 Å². The summed E-state index contributed by atoms with van der Waals surface area (Å²) in [6, 6.07) is 16.0. The number of amides is 1. The first kappa shape index (κ1) is 21.2. The Morgan fingerprint density at radius 1 is 0.971 bits per heavy atom. The van der Waals surface area contributed by atoms with Crippen molar-refractivity contribution in [2.75, 3.05) is 31.1 Å². The van der Waals surface area contributed by atoms with Crippen molar-refractivity contribution in [1.29, 1.82) is 0 Å². The molecule has 0 spiro atoms. The molecule has 1 aliphatic rings. The molecule has 10 nitrogen and oxygen atoms in total. The Kier molecular flexibility index (Phi) is 5.14. The van der Waals surface area contributed by atoms with Crippen LogP contribution in [0.25, 0.3) is 27.8 Å². The van der Waals surface area contributed by atoms with Gasteiger partial charge < -0.3 is 14.2 Å². The minimum absolute atomic E-state index is 0.0347. The average Bonchev–Trinajstić information content (AvgIpc) is 3.33. The van der Waals surface area contributed by atoms with Gasteiger partial charge in [-0.05, 0) is 36.4 Å². The second-order valence-electron chi connectivity index (χ2n) is 8.11. The molecule has 0 bridgehead atoms. The quantitative estimate of drug-likeness (QED) is 0.357. The first-order chi connectivity index (χ1) is 17.1. The van der Waals surface area contributed by atoms with Crippen molar-refractivity contribution in [1.82, 2.24) is 29.9 Å². The molecule has 2 aromatic carbocycles. The first-order valence-corrected chi connectivity index (χ1v) is 11.4. The third-order valence-corrected chi connectivity index (χ3v) is 6.28. The molecule has 0 N–H and O–H groups in total. The van der Waals surface area contributed by atoms with E-state index in [9.17, 15) is 9.59 Å². The molecule has 4 heterocycles. The third kappa shape index (κ3) is 3.77. The summed E-state index contributed by atoms with van der Waals surface area (Å²) in [5.74, 6) is 0.304. The van der Waals surface area contributed by atoms with E-state index in [0.29, 0.717) is 59.2 Å². The van der Waals surface area contributed by atoms with Crippen molar-refractivity contribution in [2.45, 2.75) is 0 Å². The highest BCUT2D eigenvalue weighted by molar-refractivity contribution is 6.30. The van der Waals surface area contributed by atoms with Gasteiger partial charge in [0.2, 0.25) is 0 Å². The molecule has 0 atom stereocenters. The van der Waals surface area contributed by atoms with Gasteiger partial charge in [0.25, 0.3) is 5.91 Å². The van der Waals surface area contributed by atoms with Gasteiger partial charge in [-0.15, -0.1) is 5.10 Å². The van der Waals surface area contributed by atoms with Crippen molar-refractivity contribution in [2.24, 2.45) is 0 Å². The Balaban J connectivity index is 1.23. The Morgan fingerprint density at radius 2 is 1.74 bits per heavy atom. The highest BCUT2D eigenvalue weighted by Gasteiger charge is 2.27. The van der Waals surface area contributed by atoms with Crippen LogP contribution in [-0.2, 0) is 0 Å². The SMILES string of the molecule is O=C(c1cc2ccccc2oc1=O)N1CCN(c2ncnc3c2nnn3-c2ccc(Cl)cc2)CC1. The van der Waals surface area contributed by atoms with Crippen molar-refractivity contribution in [3.63, 3.8) is 0 Å². The van der Waals surface area contributed by atoms with Crippen molar-refractivity contribution < 1.29 is 9.21 Å². The molecule has 6 rings (SSSR count). The molecule has 174 valence electrons. The van der Waals surface area contributed by atoms with Gasteiger partial charge in [0.15, 0.2) is 17.0 Å². The lowest BCUT2D eigenvalue weighted by Crippen LogP contribution is -2.49. The normalized spacial score (nSPS) is 14.1. The number of carbonyl (C=O) groups excluding carboxylic acids is 1. The Hall–Kier alpha value is -4.31. The molecule has 0 radical (unpaired) electrons. The number of benzene rings is 2. The van der Waals surface area contributed by atoms with Crippen molar-refractivity contribution in [3.05, 3.63) is 81.9 Å². The van der Waals surface area contributed by atoms with Crippen LogP contribution in [0.4, 0.5) is 5.82 Å². The lowest BCUT2D eigenvalue weighted by molar-refractivity contribution is 0.0742. The molecule has 35 heavy (non-hydrogen) atoms. The molecule has 0 unspecified atom stereocenters. The zero-order valence-corrected chi connectivity index (χ0v) is 19.1. The monoisotopic (exact) mass is 487 g/mol. The summed E-state index contributed by atoms with van der Waals surface area (Å²) in [4.78, 5) is 38.0. The van der Waals surface area contributed by atoms with Gasteiger partial charge in [0, 0.05) is 36.6 Å². The standard InChI is InChI=1S/C24H18ClN7O3/c25-16-5-7-17(8-6-16)32-22-20(28-29-32)21(26-14-27-22)30-9-11-31(12-10-30)23(33)18-13-15-3-1-2-4-19(15)35-24(18)34/h1-8,13-14H,9-12H2. The fourth-order valence-corrected chi connectivity index (χ4v) is 4.35. The molecule has 5 aromatic rings. The van der Waals surface area contributed by atoms with Crippen molar-refractivity contribution in [3.8, 4) is 5.69 Å². The minimum Gasteiger partial charge on any atom is -0.422 e. The van der Waals surface area contributed by atoms with Gasteiger partial charge in [-0.25, -0.2) is 14.8 Å². The molecular weight excluding hydrogens is 470 g/mol. The number of nitrogens with zero attached hydrogens (tertiary/aromatic N) is 7. The molecule has 3 aromatic heterocycles. The van der Waals surface area contributed by atoms with Crippen LogP contribution in [0.3, 0.4) is 0 Å². The minimum atomic E-state index is -0.632. The number of aromatic nitrogens is 5. The number of hydrogen-bond donors (Lipinski definition) is 0. The number of fused-ring (bicyclic) bond motifs is 2. The van der Waals surface area contributed by atoms with E-state index in [0.717, 1.165) is 5.69 Å². The van der Waals surface area contributed by atoms with E-state index < -0.39 is 5.63 Å². The number of anilines is 1. The highest BCUT2D eigenvalue weighted by atomic mass is 35.5. The first-order valence-electron chi connectivity index (χ1n) is 11.0. The van der Waals surface area contributed by atoms with Gasteiger partial charge in [0.05, 0.1) is 5.69 Å². The second-order valence-corrected chi connectivity index (χ2v) is 8.55. The largest absolute Gasteiger partial charge is 0.422 e. The summed E-state index contributed by atoms with van der Waals surface area (Å²) in [5.41, 5.74) is 1.78. The number of rotatable bonds is 3. The number of para-hydroxylation sites is 1. The van der Waals surface area contributed by atoms with Crippen LogP contribution >= 0.6 is 11.6 Å². The van der Waals surface area contributed by atoms with Crippen LogP contribution in [0, 0.1) is 0 Å². The lowest BCUT2D eigenvalue weighted by atomic mass is 10.1. The maximum absolute atomic E-state index is 13.1. The van der Waals surface area contributed by atoms with Gasteiger partial charge in [-0.1, -0.05) is 35.0 Å². The zero-order chi connectivity index (χ0) is 23.9. The number of halogens is 1. The smallest absolute Gasteiger partial charge is 0.349 e. The molecule has 1 amide bonds. The van der Waals surface area contributed by atoms with Gasteiger partial charge in [-0.3, -0.25) is 4.79 Å². The van der Waals surface area contributed by atoms with Gasteiger partial charge in [-0.2, -0.15) is 4.68 Å². The number of hydrogen-bond acceptors (Lipinski definition) is 8. The third-order valence-electron chi connectivity index (χ3n) is 6.03. The Morgan fingerprint density at radius 3 is 2.54 bits per heavy atom. The molecule has 11 heteroatoms. The average molecular weight is 488 g/mol. The fraction of sp³-hybridized carbons (Fsp3) is 0.167. The predicted molar refractivity (Wildman–Crippen MR) is 130 cm³/mol. The highest BCUT2D eigenvalue weighted by Crippen LogP contribution is 2.24. The van der Waals surface area contributed by atoms with Crippen LogP contribution in [0.5, 0.6) is 0 Å². The van der Waals surface area contributed by atoms with Crippen LogP contribution in [0.15, 0.2) is 70.1 Å². The molecule has 1 aliphatic heterocycles. The summed E-state index contributed by atoms with van der Waals surface area (Å²) in [6.45, 7) is 1.87. The van der Waals surface area contributed by atoms with E-state index in [4.69, 9.17) is 16.0 Å². The Bertz CT molecular complexity index is 1620. The summed E-state index contributed by atoms with van der Waals surface area (Å²) in [7, 11) is 0. The number of carbonyl (C=O) groups is 1.